The van der Waals surface area contributed by atoms with Gasteiger partial charge in [-0.05, 0) is 42.2 Å². The monoisotopic (exact) mass is 323 g/mol. The molecule has 24 heavy (non-hydrogen) atoms. The van der Waals surface area contributed by atoms with Gasteiger partial charge in [-0.25, -0.2) is 18.7 Å². The van der Waals surface area contributed by atoms with E-state index in [-0.39, 0.29) is 17.8 Å². The van der Waals surface area contributed by atoms with Crippen molar-refractivity contribution < 1.29 is 14.0 Å². The molecule has 1 N–H and O–H groups in total. The lowest BCUT2D eigenvalue weighted by Crippen LogP contribution is -1.95. The van der Waals surface area contributed by atoms with Crippen molar-refractivity contribution in [3.63, 3.8) is 0 Å². The van der Waals surface area contributed by atoms with Crippen molar-refractivity contribution in [1.29, 1.82) is 0 Å². The Morgan fingerprint density at radius 2 is 1.54 bits per heavy atom. The third-order valence-corrected chi connectivity index (χ3v) is 2.73. The standard InChI is InChI=1S/C18H11F2N3O/c1-2-17-15(19)10-8-13(22-17)6-4-3-5-7-14-9-11-16(20)18(23-14)12-21-24/h2,8-12,24H,1,3H2/b21-12-. The summed E-state index contributed by atoms with van der Waals surface area (Å²) in [5.41, 5.74) is 0.765. The molecular formula is C18H11F2N3O. The van der Waals surface area contributed by atoms with E-state index in [2.05, 4.69) is 45.4 Å². The Morgan fingerprint density at radius 1 is 1.00 bits per heavy atom. The van der Waals surface area contributed by atoms with Crippen LogP contribution < -0.4 is 0 Å². The van der Waals surface area contributed by atoms with Gasteiger partial charge >= 0.3 is 0 Å². The topological polar surface area (TPSA) is 58.4 Å². The average molecular weight is 323 g/mol. The summed E-state index contributed by atoms with van der Waals surface area (Å²) in [5.74, 6) is 9.95. The largest absolute Gasteiger partial charge is 0.411 e. The molecule has 0 aliphatic rings. The van der Waals surface area contributed by atoms with Crippen molar-refractivity contribution in [1.82, 2.24) is 9.97 Å². The molecule has 6 heteroatoms. The van der Waals surface area contributed by atoms with Gasteiger partial charge in [0.1, 0.15) is 22.9 Å². The van der Waals surface area contributed by atoms with Crippen molar-refractivity contribution in [2.24, 2.45) is 5.16 Å². The third-order valence-electron chi connectivity index (χ3n) is 2.73. The number of oxime groups is 1. The first-order valence-corrected chi connectivity index (χ1v) is 6.74. The summed E-state index contributed by atoms with van der Waals surface area (Å²) in [6, 6.07) is 5.32. The average Bonchev–Trinajstić information content (AvgIpc) is 2.59. The van der Waals surface area contributed by atoms with Crippen molar-refractivity contribution >= 4 is 12.3 Å². The molecule has 0 saturated heterocycles. The first-order chi connectivity index (χ1) is 11.6. The zero-order valence-electron chi connectivity index (χ0n) is 12.4. The SMILES string of the molecule is C=Cc1nc(C#CCC#Cc2ccc(F)c(/C=N\O)n2)ccc1F. The van der Waals surface area contributed by atoms with Gasteiger partial charge in [-0.1, -0.05) is 23.6 Å². The molecule has 0 aromatic carbocycles. The molecule has 0 bridgehead atoms. The predicted octanol–water partition coefficient (Wildman–Crippen LogP) is 3.00. The van der Waals surface area contributed by atoms with Crippen molar-refractivity contribution in [2.75, 3.05) is 0 Å². The maximum atomic E-state index is 13.3. The maximum absolute atomic E-state index is 13.3. The van der Waals surface area contributed by atoms with Crippen LogP contribution in [0.4, 0.5) is 8.78 Å². The highest BCUT2D eigenvalue weighted by Crippen LogP contribution is 2.06. The first kappa shape index (κ1) is 16.9. The van der Waals surface area contributed by atoms with E-state index in [0.717, 1.165) is 6.21 Å². The molecule has 0 saturated carbocycles. The van der Waals surface area contributed by atoms with Crippen LogP contribution >= 0.6 is 0 Å². The van der Waals surface area contributed by atoms with E-state index in [0.29, 0.717) is 11.4 Å². The third kappa shape index (κ3) is 4.49. The fraction of sp³-hybridized carbons (Fsp3) is 0.0556. The lowest BCUT2D eigenvalue weighted by atomic mass is 10.2. The molecule has 0 unspecified atom stereocenters. The number of hydrogen-bond donors (Lipinski definition) is 1. The number of pyridine rings is 2. The molecule has 0 aliphatic heterocycles. The van der Waals surface area contributed by atoms with Gasteiger partial charge in [0, 0.05) is 0 Å². The Hall–Kier alpha value is -3.51. The summed E-state index contributed by atoms with van der Waals surface area (Å²) in [6.07, 6.45) is 2.43. The van der Waals surface area contributed by atoms with Gasteiger partial charge in [-0.2, -0.15) is 0 Å². The van der Waals surface area contributed by atoms with Gasteiger partial charge in [-0.15, -0.1) is 0 Å². The van der Waals surface area contributed by atoms with Crippen LogP contribution in [0.25, 0.3) is 6.08 Å². The number of aromatic nitrogens is 2. The highest BCUT2D eigenvalue weighted by molar-refractivity contribution is 5.76. The molecule has 0 amide bonds. The summed E-state index contributed by atoms with van der Waals surface area (Å²) in [4.78, 5) is 7.86. The second-order valence-electron chi connectivity index (χ2n) is 4.36. The molecule has 0 atom stereocenters. The Balaban J connectivity index is 2.07. The summed E-state index contributed by atoms with van der Waals surface area (Å²) in [7, 11) is 0. The van der Waals surface area contributed by atoms with Crippen LogP contribution in [-0.4, -0.2) is 21.4 Å². The zero-order valence-corrected chi connectivity index (χ0v) is 12.4. The van der Waals surface area contributed by atoms with Crippen LogP contribution in [0.2, 0.25) is 0 Å². The van der Waals surface area contributed by atoms with E-state index in [9.17, 15) is 8.78 Å². The Bertz CT molecular complexity index is 915. The number of hydrogen-bond acceptors (Lipinski definition) is 4. The Kier molecular flexibility index (Phi) is 5.76. The van der Waals surface area contributed by atoms with Gasteiger partial charge in [0.2, 0.25) is 0 Å². The van der Waals surface area contributed by atoms with Gasteiger partial charge in [0.15, 0.2) is 5.82 Å². The molecule has 0 radical (unpaired) electrons. The van der Waals surface area contributed by atoms with Crippen LogP contribution in [-0.2, 0) is 0 Å². The predicted molar refractivity (Wildman–Crippen MR) is 86.2 cm³/mol. The second kappa shape index (κ2) is 8.21. The minimum atomic E-state index is -0.612. The number of halogens is 2. The lowest BCUT2D eigenvalue weighted by molar-refractivity contribution is 0.321. The number of rotatable bonds is 2. The van der Waals surface area contributed by atoms with E-state index in [1.54, 1.807) is 0 Å². The Morgan fingerprint density at radius 3 is 2.08 bits per heavy atom. The van der Waals surface area contributed by atoms with E-state index >= 15 is 0 Å². The second-order valence-corrected chi connectivity index (χ2v) is 4.36. The Labute approximate surface area is 137 Å². The molecule has 2 aromatic heterocycles. The summed E-state index contributed by atoms with van der Waals surface area (Å²) in [6.45, 7) is 3.47. The van der Waals surface area contributed by atoms with Crippen LogP contribution in [0.5, 0.6) is 0 Å². The van der Waals surface area contributed by atoms with Crippen molar-refractivity contribution in [3.8, 4) is 23.7 Å². The molecule has 2 rings (SSSR count). The normalized spacial score (nSPS) is 9.75. The van der Waals surface area contributed by atoms with Gasteiger partial charge in [0.25, 0.3) is 0 Å². The minimum Gasteiger partial charge on any atom is -0.411 e. The first-order valence-electron chi connectivity index (χ1n) is 6.74. The van der Waals surface area contributed by atoms with Crippen molar-refractivity contribution in [3.05, 3.63) is 65.3 Å². The highest BCUT2D eigenvalue weighted by atomic mass is 19.1. The zero-order chi connectivity index (χ0) is 17.4. The van der Waals surface area contributed by atoms with E-state index in [4.69, 9.17) is 5.21 Å². The summed E-state index contributed by atoms with van der Waals surface area (Å²) >= 11 is 0. The molecule has 118 valence electrons. The summed E-state index contributed by atoms with van der Waals surface area (Å²) in [5, 5.41) is 11.1. The molecule has 2 aromatic rings. The van der Waals surface area contributed by atoms with Gasteiger partial charge in [-0.3, -0.25) is 0 Å². The summed E-state index contributed by atoms with van der Waals surface area (Å²) < 4.78 is 26.6. The molecule has 4 nitrogen and oxygen atoms in total. The fourth-order valence-corrected chi connectivity index (χ4v) is 1.66. The molecule has 0 spiro atoms. The quantitative estimate of drug-likeness (QED) is 0.400. The maximum Gasteiger partial charge on any atom is 0.150 e. The van der Waals surface area contributed by atoms with Crippen LogP contribution in [0.1, 0.15) is 29.2 Å². The van der Waals surface area contributed by atoms with E-state index < -0.39 is 11.6 Å². The van der Waals surface area contributed by atoms with Gasteiger partial charge in [0.05, 0.1) is 18.3 Å². The fourth-order valence-electron chi connectivity index (χ4n) is 1.66. The van der Waals surface area contributed by atoms with E-state index in [1.807, 2.05) is 0 Å². The van der Waals surface area contributed by atoms with Crippen molar-refractivity contribution in [2.45, 2.75) is 6.42 Å². The lowest BCUT2D eigenvalue weighted by Gasteiger charge is -1.95. The molecule has 0 fully saturated rings. The highest BCUT2D eigenvalue weighted by Gasteiger charge is 2.01. The molecule has 2 heterocycles. The van der Waals surface area contributed by atoms with E-state index in [1.165, 1.54) is 30.3 Å². The number of nitrogens with zero attached hydrogens (tertiary/aromatic N) is 3. The minimum absolute atomic E-state index is 0.108. The van der Waals surface area contributed by atoms with Crippen LogP contribution in [0.3, 0.4) is 0 Å². The molecule has 0 aliphatic carbocycles. The van der Waals surface area contributed by atoms with Crippen LogP contribution in [0.15, 0.2) is 36.0 Å². The molecular weight excluding hydrogens is 312 g/mol. The van der Waals surface area contributed by atoms with Crippen LogP contribution in [0, 0.1) is 35.3 Å². The van der Waals surface area contributed by atoms with Gasteiger partial charge < -0.3 is 5.21 Å². The smallest absolute Gasteiger partial charge is 0.150 e.